The van der Waals surface area contributed by atoms with Crippen molar-refractivity contribution in [3.63, 3.8) is 0 Å². The van der Waals surface area contributed by atoms with Gasteiger partial charge in [0.1, 0.15) is 5.60 Å². The molecule has 1 aliphatic carbocycles. The first-order chi connectivity index (χ1) is 11.5. The van der Waals surface area contributed by atoms with Crippen LogP contribution in [0.15, 0.2) is 11.6 Å². The highest BCUT2D eigenvalue weighted by Gasteiger charge is 2.52. The summed E-state index contributed by atoms with van der Waals surface area (Å²) in [6.45, 7) is 5.17. The van der Waals surface area contributed by atoms with Crippen molar-refractivity contribution >= 4 is 23.3 Å². The fourth-order valence-electron chi connectivity index (χ4n) is 3.71. The van der Waals surface area contributed by atoms with Crippen LogP contribution in [0, 0.1) is 5.41 Å². The summed E-state index contributed by atoms with van der Waals surface area (Å²) < 4.78 is 10.1. The Kier molecular flexibility index (Phi) is 3.88. The van der Waals surface area contributed by atoms with Crippen LogP contribution in [0.4, 0.5) is 0 Å². The number of nitrogens with zero attached hydrogens (tertiary/aromatic N) is 3. The Balaban J connectivity index is 1.39. The van der Waals surface area contributed by atoms with Gasteiger partial charge in [-0.05, 0) is 36.4 Å². The van der Waals surface area contributed by atoms with Gasteiger partial charge in [0, 0.05) is 30.1 Å². The van der Waals surface area contributed by atoms with Crippen LogP contribution in [0.3, 0.4) is 0 Å². The molecule has 130 valence electrons. The lowest BCUT2D eigenvalue weighted by Crippen LogP contribution is -2.55. The predicted octanol–water partition coefficient (Wildman–Crippen LogP) is 1.32. The molecule has 3 aliphatic rings. The number of hydrogen-bond acceptors (Lipinski definition) is 5. The van der Waals surface area contributed by atoms with Gasteiger partial charge in [-0.15, -0.1) is 0 Å². The number of carbonyl (C=O) groups is 2. The van der Waals surface area contributed by atoms with Crippen molar-refractivity contribution < 1.29 is 14.3 Å². The van der Waals surface area contributed by atoms with Crippen molar-refractivity contribution in [1.29, 1.82) is 0 Å². The number of aromatic nitrogens is 1. The fraction of sp³-hybridized carbons (Fsp3) is 0.706. The van der Waals surface area contributed by atoms with E-state index in [4.69, 9.17) is 4.74 Å². The van der Waals surface area contributed by atoms with Crippen LogP contribution in [0.25, 0.3) is 0 Å². The molecular weight excluding hydrogens is 326 g/mol. The van der Waals surface area contributed by atoms with Gasteiger partial charge in [-0.2, -0.15) is 0 Å². The first-order valence-corrected chi connectivity index (χ1v) is 9.43. The van der Waals surface area contributed by atoms with Gasteiger partial charge in [-0.25, -0.2) is 4.37 Å². The topological polar surface area (TPSA) is 62.7 Å². The van der Waals surface area contributed by atoms with Gasteiger partial charge in [-0.1, -0.05) is 6.92 Å². The molecule has 1 saturated carbocycles. The molecule has 2 aliphatic heterocycles. The van der Waals surface area contributed by atoms with Gasteiger partial charge >= 0.3 is 0 Å². The van der Waals surface area contributed by atoms with E-state index in [0.29, 0.717) is 32.7 Å². The summed E-state index contributed by atoms with van der Waals surface area (Å²) in [6, 6.07) is 0. The number of amides is 2. The normalized spacial score (nSPS) is 28.4. The van der Waals surface area contributed by atoms with Crippen molar-refractivity contribution in [2.45, 2.75) is 38.2 Å². The molecule has 1 aromatic rings. The van der Waals surface area contributed by atoms with Crippen molar-refractivity contribution in [2.75, 3.05) is 32.8 Å². The molecule has 24 heavy (non-hydrogen) atoms. The molecule has 2 amide bonds. The minimum absolute atomic E-state index is 0.122. The second kappa shape index (κ2) is 5.81. The van der Waals surface area contributed by atoms with Gasteiger partial charge in [0.2, 0.25) is 11.8 Å². The summed E-state index contributed by atoms with van der Waals surface area (Å²) in [6.07, 6.45) is 4.96. The Morgan fingerprint density at radius 2 is 2.04 bits per heavy atom. The zero-order chi connectivity index (χ0) is 16.8. The number of likely N-dealkylation sites (tertiary alicyclic amines) is 1. The third kappa shape index (κ3) is 2.95. The van der Waals surface area contributed by atoms with E-state index >= 15 is 0 Å². The quantitative estimate of drug-likeness (QED) is 0.826. The third-order valence-corrected chi connectivity index (χ3v) is 6.20. The Morgan fingerprint density at radius 3 is 2.75 bits per heavy atom. The van der Waals surface area contributed by atoms with E-state index in [2.05, 4.69) is 4.37 Å². The monoisotopic (exact) mass is 349 g/mol. The molecule has 4 rings (SSSR count). The number of rotatable bonds is 3. The van der Waals surface area contributed by atoms with Crippen molar-refractivity contribution in [3.05, 3.63) is 17.1 Å². The molecule has 1 unspecified atom stereocenters. The maximum atomic E-state index is 12.6. The minimum atomic E-state index is -0.373. The standard InChI is InChI=1S/C17H23N3O3S/c1-16(2-3-16)15(22)20-5-4-17(12-20)11-19(6-7-23-17)14(21)8-13-9-18-24-10-13/h9-10H,2-8,11-12H2,1H3. The Bertz CT molecular complexity index is 644. The lowest BCUT2D eigenvalue weighted by Gasteiger charge is -2.40. The fourth-order valence-corrected chi connectivity index (χ4v) is 4.24. The summed E-state index contributed by atoms with van der Waals surface area (Å²) in [4.78, 5) is 29.0. The summed E-state index contributed by atoms with van der Waals surface area (Å²) in [7, 11) is 0. The summed E-state index contributed by atoms with van der Waals surface area (Å²) >= 11 is 1.37. The van der Waals surface area contributed by atoms with E-state index in [0.717, 1.165) is 31.4 Å². The molecule has 1 atom stereocenters. The van der Waals surface area contributed by atoms with Crippen molar-refractivity contribution in [3.8, 4) is 0 Å². The molecule has 0 N–H and O–H groups in total. The highest BCUT2D eigenvalue weighted by molar-refractivity contribution is 7.03. The average molecular weight is 349 g/mol. The van der Waals surface area contributed by atoms with E-state index < -0.39 is 0 Å². The number of ether oxygens (including phenoxy) is 1. The van der Waals surface area contributed by atoms with Crippen LogP contribution < -0.4 is 0 Å². The maximum Gasteiger partial charge on any atom is 0.228 e. The second-order valence-electron chi connectivity index (χ2n) is 7.59. The summed E-state index contributed by atoms with van der Waals surface area (Å²) in [5, 5.41) is 1.92. The van der Waals surface area contributed by atoms with Gasteiger partial charge in [0.15, 0.2) is 0 Å². The van der Waals surface area contributed by atoms with Crippen LogP contribution >= 0.6 is 11.5 Å². The van der Waals surface area contributed by atoms with Crippen LogP contribution in [-0.4, -0.2) is 64.4 Å². The minimum Gasteiger partial charge on any atom is -0.369 e. The predicted molar refractivity (Wildman–Crippen MR) is 89.6 cm³/mol. The summed E-state index contributed by atoms with van der Waals surface area (Å²) in [5.74, 6) is 0.382. The highest BCUT2D eigenvalue weighted by Crippen LogP contribution is 2.47. The lowest BCUT2D eigenvalue weighted by atomic mass is 10.00. The third-order valence-electron chi connectivity index (χ3n) is 5.56. The highest BCUT2D eigenvalue weighted by atomic mass is 32.1. The van der Waals surface area contributed by atoms with E-state index in [-0.39, 0.29) is 22.8 Å². The first-order valence-electron chi connectivity index (χ1n) is 8.59. The molecular formula is C17H23N3O3S. The van der Waals surface area contributed by atoms with E-state index in [1.54, 1.807) is 6.20 Å². The van der Waals surface area contributed by atoms with Gasteiger partial charge < -0.3 is 14.5 Å². The van der Waals surface area contributed by atoms with E-state index in [1.165, 1.54) is 11.5 Å². The largest absolute Gasteiger partial charge is 0.369 e. The van der Waals surface area contributed by atoms with Crippen molar-refractivity contribution in [2.24, 2.45) is 5.41 Å². The van der Waals surface area contributed by atoms with Gasteiger partial charge in [0.05, 0.1) is 26.1 Å². The summed E-state index contributed by atoms with van der Waals surface area (Å²) in [5.41, 5.74) is 0.457. The molecule has 0 bridgehead atoms. The van der Waals surface area contributed by atoms with Crippen molar-refractivity contribution in [1.82, 2.24) is 14.2 Å². The van der Waals surface area contributed by atoms with E-state index in [9.17, 15) is 9.59 Å². The smallest absolute Gasteiger partial charge is 0.228 e. The second-order valence-corrected chi connectivity index (χ2v) is 8.25. The zero-order valence-electron chi connectivity index (χ0n) is 14.0. The molecule has 6 nitrogen and oxygen atoms in total. The number of hydrogen-bond donors (Lipinski definition) is 0. The van der Waals surface area contributed by atoms with Crippen LogP contribution in [-0.2, 0) is 20.7 Å². The first kappa shape index (κ1) is 16.0. The van der Waals surface area contributed by atoms with Crippen LogP contribution in [0.5, 0.6) is 0 Å². The average Bonchev–Trinajstić information content (AvgIpc) is 2.99. The molecule has 2 saturated heterocycles. The molecule has 3 heterocycles. The number of morpholine rings is 1. The maximum absolute atomic E-state index is 12.6. The Hall–Kier alpha value is -1.47. The lowest BCUT2D eigenvalue weighted by molar-refractivity contribution is -0.150. The molecule has 1 aromatic heterocycles. The molecule has 3 fully saturated rings. The van der Waals surface area contributed by atoms with Gasteiger partial charge in [0.25, 0.3) is 0 Å². The SMILES string of the molecule is CC1(C(=O)N2CCC3(CN(C(=O)Cc4cnsc4)CCO3)C2)CC1. The zero-order valence-corrected chi connectivity index (χ0v) is 14.8. The number of carbonyl (C=O) groups excluding carboxylic acids is 2. The van der Waals surface area contributed by atoms with Crippen LogP contribution in [0.1, 0.15) is 31.7 Å². The van der Waals surface area contributed by atoms with Crippen LogP contribution in [0.2, 0.25) is 0 Å². The van der Waals surface area contributed by atoms with Gasteiger partial charge in [-0.3, -0.25) is 9.59 Å². The Labute approximate surface area is 145 Å². The molecule has 0 aromatic carbocycles. The molecule has 0 radical (unpaired) electrons. The molecule has 7 heteroatoms. The van der Waals surface area contributed by atoms with E-state index in [1.807, 2.05) is 22.1 Å². The molecule has 1 spiro atoms. The Morgan fingerprint density at radius 1 is 1.25 bits per heavy atom.